The molecule has 0 unspecified atom stereocenters. The minimum absolute atomic E-state index is 0.00789. The summed E-state index contributed by atoms with van der Waals surface area (Å²) < 4.78 is 1.03. The summed E-state index contributed by atoms with van der Waals surface area (Å²) in [5.41, 5.74) is 5.87. The van der Waals surface area contributed by atoms with Gasteiger partial charge in [0, 0.05) is 9.13 Å². The fraction of sp³-hybridized carbons (Fsp3) is 0. The van der Waals surface area contributed by atoms with Crippen LogP contribution in [0.1, 0.15) is 5.56 Å². The summed E-state index contributed by atoms with van der Waals surface area (Å²) in [6.45, 7) is 0. The highest BCUT2D eigenvalue weighted by Crippen LogP contribution is 2.17. The summed E-state index contributed by atoms with van der Waals surface area (Å²) in [6.07, 6.45) is 0. The van der Waals surface area contributed by atoms with Crippen LogP contribution < -0.4 is 5.73 Å². The Morgan fingerprint density at radius 3 is 2.64 bits per heavy atom. The predicted octanol–water partition coefficient (Wildman–Crippen LogP) is 2.23. The van der Waals surface area contributed by atoms with Gasteiger partial charge in [0.2, 0.25) is 0 Å². The third-order valence-corrected chi connectivity index (χ3v) is 2.22. The maximum absolute atomic E-state index is 7.16. The lowest BCUT2D eigenvalue weighted by molar-refractivity contribution is 1.42. The Kier molecular flexibility index (Phi) is 2.72. The van der Waals surface area contributed by atoms with Gasteiger partial charge in [0.1, 0.15) is 5.84 Å². The van der Waals surface area contributed by atoms with Crippen molar-refractivity contribution in [2.45, 2.75) is 0 Å². The van der Waals surface area contributed by atoms with E-state index in [1.54, 1.807) is 12.1 Å². The quantitative estimate of drug-likeness (QED) is 0.462. The number of nitrogens with one attached hydrogen (secondary N) is 1. The van der Waals surface area contributed by atoms with Crippen LogP contribution in [0.3, 0.4) is 0 Å². The van der Waals surface area contributed by atoms with Gasteiger partial charge in [0.05, 0.1) is 5.02 Å². The highest BCUT2D eigenvalue weighted by atomic mass is 127. The van der Waals surface area contributed by atoms with E-state index in [1.165, 1.54) is 0 Å². The first-order valence-electron chi connectivity index (χ1n) is 2.90. The van der Waals surface area contributed by atoms with Gasteiger partial charge in [0.25, 0.3) is 0 Å². The average molecular weight is 280 g/mol. The number of hydrogen-bond donors (Lipinski definition) is 2. The molecule has 0 saturated carbocycles. The fourth-order valence-corrected chi connectivity index (χ4v) is 1.41. The molecule has 0 spiro atoms. The number of amidine groups is 1. The van der Waals surface area contributed by atoms with E-state index in [0.29, 0.717) is 10.6 Å². The predicted molar refractivity (Wildman–Crippen MR) is 55.2 cm³/mol. The lowest BCUT2D eigenvalue weighted by atomic mass is 10.2. The smallest absolute Gasteiger partial charge is 0.124 e. The first kappa shape index (κ1) is 8.80. The van der Waals surface area contributed by atoms with Crippen molar-refractivity contribution in [1.82, 2.24) is 0 Å². The number of rotatable bonds is 1. The molecule has 4 heteroatoms. The second kappa shape index (κ2) is 3.40. The molecule has 0 saturated heterocycles. The summed E-state index contributed by atoms with van der Waals surface area (Å²) in [6, 6.07) is 5.39. The monoisotopic (exact) mass is 280 g/mol. The molecule has 0 aliphatic rings. The van der Waals surface area contributed by atoms with Crippen molar-refractivity contribution in [3.8, 4) is 0 Å². The molecule has 0 heterocycles. The van der Waals surface area contributed by atoms with Crippen LogP contribution in [0.25, 0.3) is 0 Å². The third-order valence-electron chi connectivity index (χ3n) is 1.22. The summed E-state index contributed by atoms with van der Waals surface area (Å²) in [4.78, 5) is 0. The van der Waals surface area contributed by atoms with E-state index in [9.17, 15) is 0 Å². The average Bonchev–Trinajstić information content (AvgIpc) is 1.94. The largest absolute Gasteiger partial charge is 0.384 e. The van der Waals surface area contributed by atoms with E-state index < -0.39 is 0 Å². The van der Waals surface area contributed by atoms with E-state index in [2.05, 4.69) is 22.6 Å². The van der Waals surface area contributed by atoms with Crippen LogP contribution in [-0.4, -0.2) is 5.84 Å². The molecule has 1 rings (SSSR count). The molecule has 58 valence electrons. The van der Waals surface area contributed by atoms with Gasteiger partial charge in [-0.2, -0.15) is 0 Å². The molecule has 2 nitrogen and oxygen atoms in total. The molecule has 1 aromatic rings. The van der Waals surface area contributed by atoms with Crippen molar-refractivity contribution < 1.29 is 0 Å². The summed E-state index contributed by atoms with van der Waals surface area (Å²) in [7, 11) is 0. The van der Waals surface area contributed by atoms with Gasteiger partial charge in [-0.05, 0) is 40.8 Å². The Balaban J connectivity index is 3.23. The van der Waals surface area contributed by atoms with Gasteiger partial charge in [-0.15, -0.1) is 0 Å². The maximum atomic E-state index is 7.16. The van der Waals surface area contributed by atoms with E-state index in [4.69, 9.17) is 22.7 Å². The van der Waals surface area contributed by atoms with Crippen LogP contribution >= 0.6 is 34.2 Å². The lowest BCUT2D eigenvalue weighted by Crippen LogP contribution is -2.11. The number of halogens is 2. The molecule has 0 amide bonds. The fourth-order valence-electron chi connectivity index (χ4n) is 0.704. The SMILES string of the molecule is N=C(N)c1cc(I)ccc1Cl. The highest BCUT2D eigenvalue weighted by molar-refractivity contribution is 14.1. The van der Waals surface area contributed by atoms with Crippen LogP contribution in [0.4, 0.5) is 0 Å². The molecule has 11 heavy (non-hydrogen) atoms. The lowest BCUT2D eigenvalue weighted by Gasteiger charge is -2.00. The number of hydrogen-bond acceptors (Lipinski definition) is 1. The van der Waals surface area contributed by atoms with Gasteiger partial charge < -0.3 is 5.73 Å². The standard InChI is InChI=1S/C7H6ClIN2/c8-6-2-1-4(9)3-5(6)7(10)11/h1-3H,(H3,10,11). The topological polar surface area (TPSA) is 49.9 Å². The molecule has 0 aromatic heterocycles. The number of nitrogen functional groups attached to an aromatic ring is 1. The number of benzene rings is 1. The Hall–Kier alpha value is -0.290. The Morgan fingerprint density at radius 2 is 2.18 bits per heavy atom. The molecule has 0 atom stereocenters. The van der Waals surface area contributed by atoms with Gasteiger partial charge in [-0.1, -0.05) is 11.6 Å². The molecule has 0 aliphatic heterocycles. The zero-order chi connectivity index (χ0) is 8.43. The van der Waals surface area contributed by atoms with Crippen LogP contribution in [0.2, 0.25) is 5.02 Å². The Morgan fingerprint density at radius 1 is 1.55 bits per heavy atom. The van der Waals surface area contributed by atoms with Crippen LogP contribution in [-0.2, 0) is 0 Å². The number of nitrogens with two attached hydrogens (primary N) is 1. The van der Waals surface area contributed by atoms with Gasteiger partial charge in [-0.3, -0.25) is 5.41 Å². The second-order valence-electron chi connectivity index (χ2n) is 2.04. The highest BCUT2D eigenvalue weighted by Gasteiger charge is 2.02. The zero-order valence-electron chi connectivity index (χ0n) is 5.57. The minimum atomic E-state index is 0.00789. The van der Waals surface area contributed by atoms with Crippen molar-refractivity contribution in [3.05, 3.63) is 32.4 Å². The normalized spacial score (nSPS) is 9.64. The van der Waals surface area contributed by atoms with Crippen molar-refractivity contribution in [2.75, 3.05) is 0 Å². The second-order valence-corrected chi connectivity index (χ2v) is 3.69. The molecular formula is C7H6ClIN2. The summed E-state index contributed by atoms with van der Waals surface area (Å²) in [5.74, 6) is 0.00789. The Labute approximate surface area is 83.4 Å². The van der Waals surface area contributed by atoms with Crippen molar-refractivity contribution in [3.63, 3.8) is 0 Å². The maximum Gasteiger partial charge on any atom is 0.124 e. The molecule has 0 bridgehead atoms. The molecule has 0 fully saturated rings. The van der Waals surface area contributed by atoms with Crippen molar-refractivity contribution >= 4 is 40.0 Å². The molecular weight excluding hydrogens is 274 g/mol. The van der Waals surface area contributed by atoms with E-state index in [0.717, 1.165) is 3.57 Å². The molecule has 0 radical (unpaired) electrons. The summed E-state index contributed by atoms with van der Waals surface area (Å²) >= 11 is 7.91. The molecule has 1 aromatic carbocycles. The van der Waals surface area contributed by atoms with E-state index >= 15 is 0 Å². The van der Waals surface area contributed by atoms with Crippen LogP contribution in [0.15, 0.2) is 18.2 Å². The van der Waals surface area contributed by atoms with Gasteiger partial charge >= 0.3 is 0 Å². The van der Waals surface area contributed by atoms with Crippen molar-refractivity contribution in [1.29, 1.82) is 5.41 Å². The van der Waals surface area contributed by atoms with E-state index in [1.807, 2.05) is 6.07 Å². The van der Waals surface area contributed by atoms with E-state index in [-0.39, 0.29) is 5.84 Å². The first-order chi connectivity index (χ1) is 5.11. The van der Waals surface area contributed by atoms with Crippen LogP contribution in [0.5, 0.6) is 0 Å². The molecule has 0 aliphatic carbocycles. The van der Waals surface area contributed by atoms with Crippen LogP contribution in [0, 0.1) is 8.98 Å². The van der Waals surface area contributed by atoms with Crippen molar-refractivity contribution in [2.24, 2.45) is 5.73 Å². The Bertz CT molecular complexity index is 298. The minimum Gasteiger partial charge on any atom is -0.384 e. The van der Waals surface area contributed by atoms with Gasteiger partial charge in [0.15, 0.2) is 0 Å². The summed E-state index contributed by atoms with van der Waals surface area (Å²) in [5, 5.41) is 7.69. The molecule has 3 N–H and O–H groups in total. The zero-order valence-corrected chi connectivity index (χ0v) is 8.48. The van der Waals surface area contributed by atoms with Gasteiger partial charge in [-0.25, -0.2) is 0 Å². The third kappa shape index (κ3) is 2.07. The first-order valence-corrected chi connectivity index (χ1v) is 4.36.